The van der Waals surface area contributed by atoms with Gasteiger partial charge in [-0.2, -0.15) is 0 Å². The molecular formula is C18H21N7. The summed E-state index contributed by atoms with van der Waals surface area (Å²) < 4.78 is 0. The van der Waals surface area contributed by atoms with Gasteiger partial charge in [-0.25, -0.2) is 19.9 Å². The summed E-state index contributed by atoms with van der Waals surface area (Å²) in [6, 6.07) is 6.39. The van der Waals surface area contributed by atoms with E-state index in [2.05, 4.69) is 41.2 Å². The normalized spacial score (nSPS) is 15.5. The summed E-state index contributed by atoms with van der Waals surface area (Å²) in [6.45, 7) is 5.90. The number of nitrogens with zero attached hydrogens (tertiary/aromatic N) is 6. The van der Waals surface area contributed by atoms with E-state index in [9.17, 15) is 0 Å². The topological polar surface area (TPSA) is 79.7 Å². The second-order valence-electron chi connectivity index (χ2n) is 6.42. The SMILES string of the molecule is Cc1cc(N2CCC(Nc3ccc4nccnc4n3)CC2)nc(C)n1. The predicted octanol–water partition coefficient (Wildman–Crippen LogP) is 2.51. The van der Waals surface area contributed by atoms with Gasteiger partial charge < -0.3 is 10.2 Å². The molecule has 7 heteroatoms. The van der Waals surface area contributed by atoms with Crippen molar-refractivity contribution in [3.8, 4) is 0 Å². The molecule has 0 aromatic carbocycles. The molecule has 0 spiro atoms. The van der Waals surface area contributed by atoms with Crippen LogP contribution in [-0.4, -0.2) is 44.1 Å². The maximum atomic E-state index is 4.57. The van der Waals surface area contributed by atoms with Gasteiger partial charge >= 0.3 is 0 Å². The molecule has 4 heterocycles. The molecule has 1 saturated heterocycles. The lowest BCUT2D eigenvalue weighted by atomic mass is 10.0. The first-order valence-electron chi connectivity index (χ1n) is 8.59. The summed E-state index contributed by atoms with van der Waals surface area (Å²) in [4.78, 5) is 24.3. The van der Waals surface area contributed by atoms with E-state index in [1.54, 1.807) is 12.4 Å². The number of aryl methyl sites for hydroxylation is 2. The molecule has 25 heavy (non-hydrogen) atoms. The highest BCUT2D eigenvalue weighted by atomic mass is 15.2. The Morgan fingerprint density at radius 3 is 2.60 bits per heavy atom. The van der Waals surface area contributed by atoms with E-state index in [0.717, 1.165) is 54.6 Å². The van der Waals surface area contributed by atoms with E-state index in [4.69, 9.17) is 0 Å². The number of hydrogen-bond donors (Lipinski definition) is 1. The Balaban J connectivity index is 1.41. The van der Waals surface area contributed by atoms with Gasteiger partial charge in [0.2, 0.25) is 0 Å². The smallest absolute Gasteiger partial charge is 0.180 e. The van der Waals surface area contributed by atoms with E-state index < -0.39 is 0 Å². The molecule has 1 fully saturated rings. The van der Waals surface area contributed by atoms with Crippen LogP contribution < -0.4 is 10.2 Å². The highest BCUT2D eigenvalue weighted by Gasteiger charge is 2.21. The molecule has 7 nitrogen and oxygen atoms in total. The van der Waals surface area contributed by atoms with E-state index in [-0.39, 0.29) is 0 Å². The number of hydrogen-bond acceptors (Lipinski definition) is 7. The molecule has 3 aromatic heterocycles. The van der Waals surface area contributed by atoms with E-state index >= 15 is 0 Å². The Labute approximate surface area is 146 Å². The molecule has 0 bridgehead atoms. The summed E-state index contributed by atoms with van der Waals surface area (Å²) in [5.74, 6) is 2.72. The maximum absolute atomic E-state index is 4.57. The fourth-order valence-electron chi connectivity index (χ4n) is 3.26. The van der Waals surface area contributed by atoms with Gasteiger partial charge in [0.25, 0.3) is 0 Å². The lowest BCUT2D eigenvalue weighted by Crippen LogP contribution is -2.39. The van der Waals surface area contributed by atoms with Crippen molar-refractivity contribution in [1.82, 2.24) is 24.9 Å². The van der Waals surface area contributed by atoms with Gasteiger partial charge in [-0.1, -0.05) is 0 Å². The minimum Gasteiger partial charge on any atom is -0.367 e. The number of fused-ring (bicyclic) bond motifs is 1. The zero-order valence-corrected chi connectivity index (χ0v) is 14.5. The summed E-state index contributed by atoms with van der Waals surface area (Å²) in [7, 11) is 0. The number of aromatic nitrogens is 5. The first-order chi connectivity index (χ1) is 12.2. The van der Waals surface area contributed by atoms with Crippen LogP contribution in [0, 0.1) is 13.8 Å². The Morgan fingerprint density at radius 2 is 1.80 bits per heavy atom. The molecule has 1 aliphatic rings. The summed E-state index contributed by atoms with van der Waals surface area (Å²) in [5.41, 5.74) is 2.51. The van der Waals surface area contributed by atoms with Gasteiger partial charge in [0.05, 0.1) is 0 Å². The molecule has 0 saturated carbocycles. The van der Waals surface area contributed by atoms with Gasteiger partial charge in [-0.15, -0.1) is 0 Å². The van der Waals surface area contributed by atoms with Crippen molar-refractivity contribution in [2.75, 3.05) is 23.3 Å². The van der Waals surface area contributed by atoms with Crippen LogP contribution in [0.15, 0.2) is 30.6 Å². The molecule has 3 aromatic rings. The van der Waals surface area contributed by atoms with Crippen molar-refractivity contribution >= 4 is 22.8 Å². The average molecular weight is 335 g/mol. The molecule has 1 aliphatic heterocycles. The van der Waals surface area contributed by atoms with Gasteiger partial charge in [0.1, 0.15) is 23.0 Å². The fraction of sp³-hybridized carbons (Fsp3) is 0.389. The second kappa shape index (κ2) is 6.58. The summed E-state index contributed by atoms with van der Waals surface area (Å²) in [5, 5.41) is 3.53. The lowest BCUT2D eigenvalue weighted by Gasteiger charge is -2.33. The van der Waals surface area contributed by atoms with Crippen LogP contribution in [0.4, 0.5) is 11.6 Å². The minimum atomic E-state index is 0.405. The molecule has 0 aliphatic carbocycles. The lowest BCUT2D eigenvalue weighted by molar-refractivity contribution is 0.522. The first-order valence-corrected chi connectivity index (χ1v) is 8.59. The first kappa shape index (κ1) is 15.7. The molecule has 0 radical (unpaired) electrons. The Kier molecular flexibility index (Phi) is 4.13. The number of pyridine rings is 1. The third kappa shape index (κ3) is 3.50. The summed E-state index contributed by atoms with van der Waals surface area (Å²) in [6.07, 6.45) is 5.44. The highest BCUT2D eigenvalue weighted by Crippen LogP contribution is 2.21. The molecule has 1 N–H and O–H groups in total. The highest BCUT2D eigenvalue weighted by molar-refractivity contribution is 5.71. The van der Waals surface area contributed by atoms with Crippen molar-refractivity contribution < 1.29 is 0 Å². The van der Waals surface area contributed by atoms with Crippen molar-refractivity contribution in [3.05, 3.63) is 42.1 Å². The molecule has 0 atom stereocenters. The molecule has 0 amide bonds. The number of rotatable bonds is 3. The van der Waals surface area contributed by atoms with Gasteiger partial charge in [0, 0.05) is 43.3 Å². The quantitative estimate of drug-likeness (QED) is 0.787. The van der Waals surface area contributed by atoms with Gasteiger partial charge in [0.15, 0.2) is 5.65 Å². The number of nitrogens with one attached hydrogen (secondary N) is 1. The van der Waals surface area contributed by atoms with Crippen LogP contribution in [0.5, 0.6) is 0 Å². The van der Waals surface area contributed by atoms with Crippen LogP contribution in [0.3, 0.4) is 0 Å². The molecular weight excluding hydrogens is 314 g/mol. The Hall–Kier alpha value is -2.83. The van der Waals surface area contributed by atoms with E-state index in [1.807, 2.05) is 26.0 Å². The van der Waals surface area contributed by atoms with Crippen LogP contribution in [-0.2, 0) is 0 Å². The second-order valence-corrected chi connectivity index (χ2v) is 6.42. The van der Waals surface area contributed by atoms with Crippen LogP contribution >= 0.6 is 0 Å². The van der Waals surface area contributed by atoms with Gasteiger partial charge in [-0.3, -0.25) is 4.98 Å². The molecule has 0 unspecified atom stereocenters. The van der Waals surface area contributed by atoms with E-state index in [1.165, 1.54) is 0 Å². The molecule has 4 rings (SSSR count). The Morgan fingerprint density at radius 1 is 1.00 bits per heavy atom. The van der Waals surface area contributed by atoms with E-state index in [0.29, 0.717) is 11.7 Å². The summed E-state index contributed by atoms with van der Waals surface area (Å²) >= 11 is 0. The van der Waals surface area contributed by atoms with Crippen LogP contribution in [0.25, 0.3) is 11.2 Å². The van der Waals surface area contributed by atoms with Crippen molar-refractivity contribution in [2.24, 2.45) is 0 Å². The van der Waals surface area contributed by atoms with Crippen molar-refractivity contribution in [1.29, 1.82) is 0 Å². The van der Waals surface area contributed by atoms with Crippen LogP contribution in [0.1, 0.15) is 24.4 Å². The van der Waals surface area contributed by atoms with Crippen molar-refractivity contribution in [2.45, 2.75) is 32.7 Å². The number of piperidine rings is 1. The fourth-order valence-corrected chi connectivity index (χ4v) is 3.26. The van der Waals surface area contributed by atoms with Crippen molar-refractivity contribution in [3.63, 3.8) is 0 Å². The number of anilines is 2. The average Bonchev–Trinajstić information content (AvgIpc) is 2.61. The zero-order chi connectivity index (χ0) is 17.2. The largest absolute Gasteiger partial charge is 0.367 e. The Bertz CT molecular complexity index is 867. The third-order valence-electron chi connectivity index (χ3n) is 4.46. The van der Waals surface area contributed by atoms with Gasteiger partial charge in [-0.05, 0) is 38.8 Å². The monoisotopic (exact) mass is 335 g/mol. The predicted molar refractivity (Wildman–Crippen MR) is 97.7 cm³/mol. The maximum Gasteiger partial charge on any atom is 0.180 e. The zero-order valence-electron chi connectivity index (χ0n) is 14.5. The third-order valence-corrected chi connectivity index (χ3v) is 4.46. The minimum absolute atomic E-state index is 0.405. The van der Waals surface area contributed by atoms with Crippen LogP contribution in [0.2, 0.25) is 0 Å². The standard InChI is InChI=1S/C18H21N7/c1-12-11-17(22-13(2)21-12)25-9-5-14(6-10-25)23-16-4-3-15-18(24-16)20-8-7-19-15/h3-4,7-8,11,14H,5-6,9-10H2,1-2H3,(H,20,23,24). The molecule has 128 valence electrons.